The van der Waals surface area contributed by atoms with Crippen LogP contribution in [0.1, 0.15) is 23.2 Å². The predicted molar refractivity (Wildman–Crippen MR) is 72.6 cm³/mol. The number of hydrogen-bond acceptors (Lipinski definition) is 4. The zero-order chi connectivity index (χ0) is 14.0. The molecule has 1 amide bonds. The summed E-state index contributed by atoms with van der Waals surface area (Å²) in [6.45, 7) is 0.428. The van der Waals surface area contributed by atoms with Crippen molar-refractivity contribution >= 4 is 15.7 Å². The number of amides is 1. The standard InChI is InChI=1S/C13H18N2O3S/c1-19(17,18)11-6-4-10(5-7-11)13(16)15-12(8-14)9-2-3-9/h4-7,9,12H,2-3,8,14H2,1H3,(H,15,16). The van der Waals surface area contributed by atoms with Crippen molar-refractivity contribution in [3.05, 3.63) is 29.8 Å². The molecule has 6 heteroatoms. The molecule has 2 rings (SSSR count). The Labute approximate surface area is 113 Å². The minimum atomic E-state index is -3.23. The lowest BCUT2D eigenvalue weighted by atomic mass is 10.1. The number of carbonyl (C=O) groups excluding carboxylic acids is 1. The van der Waals surface area contributed by atoms with Crippen LogP contribution in [0.5, 0.6) is 0 Å². The maximum absolute atomic E-state index is 12.0. The first-order chi connectivity index (χ1) is 8.91. The Bertz CT molecular complexity index is 562. The van der Waals surface area contributed by atoms with Crippen molar-refractivity contribution in [1.82, 2.24) is 5.32 Å². The quantitative estimate of drug-likeness (QED) is 0.825. The minimum absolute atomic E-state index is 0.0158. The Morgan fingerprint density at radius 3 is 2.37 bits per heavy atom. The molecule has 0 aliphatic heterocycles. The number of nitrogens with one attached hydrogen (secondary N) is 1. The highest BCUT2D eigenvalue weighted by atomic mass is 32.2. The van der Waals surface area contributed by atoms with Crippen LogP contribution in [0, 0.1) is 5.92 Å². The van der Waals surface area contributed by atoms with Crippen molar-refractivity contribution in [3.8, 4) is 0 Å². The van der Waals surface area contributed by atoms with E-state index in [4.69, 9.17) is 5.73 Å². The Hall–Kier alpha value is -1.40. The number of nitrogens with two attached hydrogens (primary N) is 1. The molecule has 19 heavy (non-hydrogen) atoms. The molecule has 0 bridgehead atoms. The van der Waals surface area contributed by atoms with E-state index in [-0.39, 0.29) is 16.8 Å². The molecule has 0 aromatic heterocycles. The van der Waals surface area contributed by atoms with E-state index < -0.39 is 9.84 Å². The fraction of sp³-hybridized carbons (Fsp3) is 0.462. The number of benzene rings is 1. The van der Waals surface area contributed by atoms with Crippen LogP contribution in [0.15, 0.2) is 29.2 Å². The SMILES string of the molecule is CS(=O)(=O)c1ccc(C(=O)NC(CN)C2CC2)cc1. The minimum Gasteiger partial charge on any atom is -0.348 e. The molecule has 1 aliphatic carbocycles. The van der Waals surface area contributed by atoms with Crippen LogP contribution in [0.25, 0.3) is 0 Å². The van der Waals surface area contributed by atoms with Crippen LogP contribution in [0.3, 0.4) is 0 Å². The number of hydrogen-bond donors (Lipinski definition) is 2. The summed E-state index contributed by atoms with van der Waals surface area (Å²) in [5.74, 6) is 0.284. The number of carbonyl (C=O) groups is 1. The van der Waals surface area contributed by atoms with Gasteiger partial charge in [-0.2, -0.15) is 0 Å². The Morgan fingerprint density at radius 2 is 1.95 bits per heavy atom. The van der Waals surface area contributed by atoms with Gasteiger partial charge in [0.1, 0.15) is 0 Å². The fourth-order valence-electron chi connectivity index (χ4n) is 1.97. The molecule has 0 radical (unpaired) electrons. The van der Waals surface area contributed by atoms with E-state index in [9.17, 15) is 13.2 Å². The van der Waals surface area contributed by atoms with Gasteiger partial charge in [0.15, 0.2) is 9.84 Å². The lowest BCUT2D eigenvalue weighted by Crippen LogP contribution is -2.41. The van der Waals surface area contributed by atoms with Crippen LogP contribution in [-0.4, -0.2) is 33.2 Å². The summed E-state index contributed by atoms with van der Waals surface area (Å²) in [7, 11) is -3.23. The van der Waals surface area contributed by atoms with Gasteiger partial charge in [0.25, 0.3) is 5.91 Å². The second-order valence-corrected chi connectivity index (χ2v) is 6.97. The third-order valence-corrected chi connectivity index (χ3v) is 4.43. The monoisotopic (exact) mass is 282 g/mol. The molecule has 5 nitrogen and oxygen atoms in total. The van der Waals surface area contributed by atoms with Crippen molar-refractivity contribution in [2.45, 2.75) is 23.8 Å². The summed E-state index contributed by atoms with van der Waals surface area (Å²) in [6, 6.07) is 5.94. The van der Waals surface area contributed by atoms with Crippen LogP contribution >= 0.6 is 0 Å². The second kappa shape index (κ2) is 5.30. The van der Waals surface area contributed by atoms with Crippen molar-refractivity contribution in [2.75, 3.05) is 12.8 Å². The van der Waals surface area contributed by atoms with Gasteiger partial charge in [-0.05, 0) is 43.0 Å². The van der Waals surface area contributed by atoms with E-state index in [0.29, 0.717) is 18.0 Å². The molecule has 3 N–H and O–H groups in total. The second-order valence-electron chi connectivity index (χ2n) is 4.95. The molecule has 1 aliphatic rings. The van der Waals surface area contributed by atoms with Crippen LogP contribution < -0.4 is 11.1 Å². The summed E-state index contributed by atoms with van der Waals surface area (Å²) in [5.41, 5.74) is 6.08. The first-order valence-electron chi connectivity index (χ1n) is 6.23. The molecule has 1 aromatic rings. The maximum atomic E-state index is 12.0. The lowest BCUT2D eigenvalue weighted by molar-refractivity contribution is 0.0933. The highest BCUT2D eigenvalue weighted by Gasteiger charge is 2.31. The van der Waals surface area contributed by atoms with Crippen molar-refractivity contribution in [3.63, 3.8) is 0 Å². The third-order valence-electron chi connectivity index (χ3n) is 3.31. The van der Waals surface area contributed by atoms with E-state index in [1.165, 1.54) is 24.3 Å². The van der Waals surface area contributed by atoms with Crippen molar-refractivity contribution < 1.29 is 13.2 Å². The summed E-state index contributed by atoms with van der Waals surface area (Å²) in [6.07, 6.45) is 3.35. The molecule has 1 unspecified atom stereocenters. The van der Waals surface area contributed by atoms with Crippen LogP contribution in [-0.2, 0) is 9.84 Å². The predicted octanol–water partition coefficient (Wildman–Crippen LogP) is 0.557. The fourth-order valence-corrected chi connectivity index (χ4v) is 2.60. The zero-order valence-corrected chi connectivity index (χ0v) is 11.6. The maximum Gasteiger partial charge on any atom is 0.251 e. The molecule has 0 saturated heterocycles. The first kappa shape index (κ1) is 14.0. The molecule has 104 valence electrons. The highest BCUT2D eigenvalue weighted by Crippen LogP contribution is 2.32. The third kappa shape index (κ3) is 3.54. The molecule has 1 saturated carbocycles. The van der Waals surface area contributed by atoms with Gasteiger partial charge in [-0.1, -0.05) is 0 Å². The Balaban J connectivity index is 2.07. The normalized spacial score (nSPS) is 16.9. The summed E-state index contributed by atoms with van der Waals surface area (Å²) >= 11 is 0. The number of rotatable bonds is 5. The van der Waals surface area contributed by atoms with Gasteiger partial charge in [0.05, 0.1) is 4.90 Å². The van der Waals surface area contributed by atoms with E-state index in [2.05, 4.69) is 5.32 Å². The average molecular weight is 282 g/mol. The summed E-state index contributed by atoms with van der Waals surface area (Å²) < 4.78 is 22.6. The molecular formula is C13H18N2O3S. The van der Waals surface area contributed by atoms with E-state index in [0.717, 1.165) is 19.1 Å². The van der Waals surface area contributed by atoms with E-state index in [1.54, 1.807) is 0 Å². The molecule has 0 heterocycles. The van der Waals surface area contributed by atoms with Crippen molar-refractivity contribution in [2.24, 2.45) is 11.7 Å². The smallest absolute Gasteiger partial charge is 0.251 e. The largest absolute Gasteiger partial charge is 0.348 e. The summed E-state index contributed by atoms with van der Waals surface area (Å²) in [5, 5.41) is 2.89. The molecule has 1 atom stereocenters. The van der Waals surface area contributed by atoms with Crippen molar-refractivity contribution in [1.29, 1.82) is 0 Å². The Morgan fingerprint density at radius 1 is 1.37 bits per heavy atom. The van der Waals surface area contributed by atoms with Crippen LogP contribution in [0.2, 0.25) is 0 Å². The molecule has 1 fully saturated rings. The average Bonchev–Trinajstić information content (AvgIpc) is 3.19. The topological polar surface area (TPSA) is 89.3 Å². The summed E-state index contributed by atoms with van der Waals surface area (Å²) in [4.78, 5) is 12.2. The number of sulfone groups is 1. The lowest BCUT2D eigenvalue weighted by Gasteiger charge is -2.16. The van der Waals surface area contributed by atoms with E-state index >= 15 is 0 Å². The van der Waals surface area contributed by atoms with Gasteiger partial charge in [-0.3, -0.25) is 4.79 Å². The highest BCUT2D eigenvalue weighted by molar-refractivity contribution is 7.90. The zero-order valence-electron chi connectivity index (χ0n) is 10.8. The first-order valence-corrected chi connectivity index (χ1v) is 8.12. The Kier molecular flexibility index (Phi) is 3.91. The van der Waals surface area contributed by atoms with Gasteiger partial charge < -0.3 is 11.1 Å². The van der Waals surface area contributed by atoms with E-state index in [1.807, 2.05) is 0 Å². The van der Waals surface area contributed by atoms with Gasteiger partial charge in [-0.15, -0.1) is 0 Å². The van der Waals surface area contributed by atoms with Gasteiger partial charge >= 0.3 is 0 Å². The molecular weight excluding hydrogens is 264 g/mol. The van der Waals surface area contributed by atoms with Gasteiger partial charge in [0, 0.05) is 24.4 Å². The molecule has 1 aromatic carbocycles. The molecule has 0 spiro atoms. The van der Waals surface area contributed by atoms with Crippen LogP contribution in [0.4, 0.5) is 0 Å². The van der Waals surface area contributed by atoms with Gasteiger partial charge in [-0.25, -0.2) is 8.42 Å². The van der Waals surface area contributed by atoms with Gasteiger partial charge in [0.2, 0.25) is 0 Å².